The molecule has 0 radical (unpaired) electrons. The maximum Gasteiger partial charge on any atom is 0.227 e. The molecule has 0 atom stereocenters. The summed E-state index contributed by atoms with van der Waals surface area (Å²) in [5, 5.41) is 11.4. The van der Waals surface area contributed by atoms with E-state index in [2.05, 4.69) is 5.32 Å². The first-order chi connectivity index (χ1) is 6.37. The molecule has 0 aromatic carbocycles. The van der Waals surface area contributed by atoms with Gasteiger partial charge in [0.05, 0.1) is 6.42 Å². The average Bonchev–Trinajstić information content (AvgIpc) is 2.00. The van der Waals surface area contributed by atoms with Crippen LogP contribution in [0.4, 0.5) is 0 Å². The van der Waals surface area contributed by atoms with Crippen LogP contribution in [0.2, 0.25) is 0 Å². The minimum absolute atomic E-state index is 0.0603. The van der Waals surface area contributed by atoms with Crippen molar-refractivity contribution in [2.75, 3.05) is 13.2 Å². The van der Waals surface area contributed by atoms with Crippen LogP contribution in [-0.4, -0.2) is 29.9 Å². The summed E-state index contributed by atoms with van der Waals surface area (Å²) in [4.78, 5) is 21.7. The molecule has 4 nitrogen and oxygen atoms in total. The summed E-state index contributed by atoms with van der Waals surface area (Å²) in [6, 6.07) is 0. The van der Waals surface area contributed by atoms with Gasteiger partial charge < -0.3 is 10.4 Å². The third kappa shape index (κ3) is 6.60. The molecule has 0 spiro atoms. The molecule has 2 N–H and O–H groups in total. The molecule has 0 bridgehead atoms. The highest BCUT2D eigenvalue weighted by molar-refractivity contribution is 5.96. The fourth-order valence-corrected chi connectivity index (χ4v) is 1.02. The molecule has 0 aromatic heterocycles. The van der Waals surface area contributed by atoms with Crippen molar-refractivity contribution < 1.29 is 14.7 Å². The van der Waals surface area contributed by atoms with Crippen LogP contribution in [0, 0.1) is 5.41 Å². The molecule has 0 saturated carbocycles. The van der Waals surface area contributed by atoms with Crippen LogP contribution in [-0.2, 0) is 9.59 Å². The molecule has 0 unspecified atom stereocenters. The van der Waals surface area contributed by atoms with Crippen LogP contribution in [0.1, 0.15) is 33.6 Å². The Hall–Kier alpha value is -0.900. The summed E-state index contributed by atoms with van der Waals surface area (Å²) in [5.74, 6) is -0.383. The lowest BCUT2D eigenvalue weighted by Gasteiger charge is -2.23. The SMILES string of the molecule is CC(=O)CC(=O)NCC(C)(C)CCO. The van der Waals surface area contributed by atoms with Gasteiger partial charge in [-0.1, -0.05) is 13.8 Å². The number of rotatable bonds is 6. The number of amides is 1. The Labute approximate surface area is 84.7 Å². The van der Waals surface area contributed by atoms with E-state index in [1.54, 1.807) is 0 Å². The van der Waals surface area contributed by atoms with Gasteiger partial charge in [0.15, 0.2) is 0 Å². The van der Waals surface area contributed by atoms with Crippen LogP contribution in [0.25, 0.3) is 0 Å². The molecule has 0 saturated heterocycles. The molecule has 0 fully saturated rings. The minimum Gasteiger partial charge on any atom is -0.396 e. The van der Waals surface area contributed by atoms with E-state index in [4.69, 9.17) is 5.11 Å². The third-order valence-electron chi connectivity index (χ3n) is 1.96. The van der Waals surface area contributed by atoms with E-state index in [-0.39, 0.29) is 30.1 Å². The van der Waals surface area contributed by atoms with Crippen molar-refractivity contribution in [3.8, 4) is 0 Å². The highest BCUT2D eigenvalue weighted by Gasteiger charge is 2.18. The molecule has 14 heavy (non-hydrogen) atoms. The van der Waals surface area contributed by atoms with E-state index in [9.17, 15) is 9.59 Å². The number of ketones is 1. The molecule has 0 rings (SSSR count). The molecule has 82 valence electrons. The Morgan fingerprint density at radius 3 is 2.36 bits per heavy atom. The van der Waals surface area contributed by atoms with Crippen molar-refractivity contribution in [3.63, 3.8) is 0 Å². The van der Waals surface area contributed by atoms with E-state index in [0.717, 1.165) is 0 Å². The predicted octanol–water partition coefficient (Wildman–Crippen LogP) is 0.490. The van der Waals surface area contributed by atoms with Gasteiger partial charge in [0, 0.05) is 13.2 Å². The van der Waals surface area contributed by atoms with E-state index in [0.29, 0.717) is 13.0 Å². The summed E-state index contributed by atoms with van der Waals surface area (Å²) in [5.41, 5.74) is -0.124. The molecule has 0 heterocycles. The largest absolute Gasteiger partial charge is 0.396 e. The number of carbonyl (C=O) groups is 2. The van der Waals surface area contributed by atoms with Crippen molar-refractivity contribution in [3.05, 3.63) is 0 Å². The zero-order chi connectivity index (χ0) is 11.2. The molecule has 1 amide bonds. The number of hydrogen-bond donors (Lipinski definition) is 2. The van der Waals surface area contributed by atoms with Gasteiger partial charge in [-0.05, 0) is 18.8 Å². The van der Waals surface area contributed by atoms with E-state index >= 15 is 0 Å². The molecule has 4 heteroatoms. The Bertz CT molecular complexity index is 211. The molecule has 0 aromatic rings. The van der Waals surface area contributed by atoms with Gasteiger partial charge in [-0.2, -0.15) is 0 Å². The van der Waals surface area contributed by atoms with Gasteiger partial charge >= 0.3 is 0 Å². The normalized spacial score (nSPS) is 11.1. The highest BCUT2D eigenvalue weighted by atomic mass is 16.3. The Kier molecular flexibility index (Phi) is 5.38. The maximum absolute atomic E-state index is 11.1. The first kappa shape index (κ1) is 13.1. The minimum atomic E-state index is -0.247. The van der Waals surface area contributed by atoms with Gasteiger partial charge in [-0.15, -0.1) is 0 Å². The lowest BCUT2D eigenvalue weighted by molar-refractivity contribution is -0.127. The second-order valence-electron chi connectivity index (χ2n) is 4.29. The number of hydrogen-bond acceptors (Lipinski definition) is 3. The maximum atomic E-state index is 11.1. The second-order valence-corrected chi connectivity index (χ2v) is 4.29. The summed E-state index contributed by atoms with van der Waals surface area (Å²) in [6.45, 7) is 5.89. The molecular formula is C10H19NO3. The third-order valence-corrected chi connectivity index (χ3v) is 1.96. The van der Waals surface area contributed by atoms with Crippen molar-refractivity contribution in [1.29, 1.82) is 0 Å². The van der Waals surface area contributed by atoms with Gasteiger partial charge in [-0.3, -0.25) is 9.59 Å². The first-order valence-electron chi connectivity index (χ1n) is 4.74. The van der Waals surface area contributed by atoms with Crippen LogP contribution in [0.3, 0.4) is 0 Å². The number of Topliss-reactive ketones (excluding diaryl/α,β-unsaturated/α-hetero) is 1. The lowest BCUT2D eigenvalue weighted by Crippen LogP contribution is -2.35. The fourth-order valence-electron chi connectivity index (χ4n) is 1.02. The van der Waals surface area contributed by atoms with Crippen molar-refractivity contribution in [2.45, 2.75) is 33.6 Å². The quantitative estimate of drug-likeness (QED) is 0.615. The van der Waals surface area contributed by atoms with Gasteiger partial charge in [0.25, 0.3) is 0 Å². The zero-order valence-corrected chi connectivity index (χ0v) is 9.09. The summed E-state index contributed by atoms with van der Waals surface area (Å²) in [7, 11) is 0. The van der Waals surface area contributed by atoms with Gasteiger partial charge in [0.2, 0.25) is 5.91 Å². The number of aliphatic hydroxyl groups excluding tert-OH is 1. The summed E-state index contributed by atoms with van der Waals surface area (Å²) >= 11 is 0. The Balaban J connectivity index is 3.81. The predicted molar refractivity (Wildman–Crippen MR) is 53.8 cm³/mol. The standard InChI is InChI=1S/C10H19NO3/c1-8(13)6-9(14)11-7-10(2,3)4-5-12/h12H,4-7H2,1-3H3,(H,11,14). The van der Waals surface area contributed by atoms with E-state index in [1.807, 2.05) is 13.8 Å². The van der Waals surface area contributed by atoms with Gasteiger partial charge in [-0.25, -0.2) is 0 Å². The van der Waals surface area contributed by atoms with Crippen LogP contribution >= 0.6 is 0 Å². The monoisotopic (exact) mass is 201 g/mol. The van der Waals surface area contributed by atoms with Gasteiger partial charge in [0.1, 0.15) is 5.78 Å². The lowest BCUT2D eigenvalue weighted by atomic mass is 9.90. The fraction of sp³-hybridized carbons (Fsp3) is 0.800. The van der Waals surface area contributed by atoms with Crippen LogP contribution in [0.15, 0.2) is 0 Å². The second kappa shape index (κ2) is 5.75. The number of aliphatic hydroxyl groups is 1. The molecule has 0 aliphatic carbocycles. The summed E-state index contributed by atoms with van der Waals surface area (Å²) in [6.07, 6.45) is 0.572. The average molecular weight is 201 g/mol. The smallest absolute Gasteiger partial charge is 0.227 e. The van der Waals surface area contributed by atoms with E-state index < -0.39 is 0 Å². The van der Waals surface area contributed by atoms with Crippen molar-refractivity contribution in [2.24, 2.45) is 5.41 Å². The summed E-state index contributed by atoms with van der Waals surface area (Å²) < 4.78 is 0. The molecule has 0 aliphatic heterocycles. The topological polar surface area (TPSA) is 66.4 Å². The number of nitrogens with one attached hydrogen (secondary N) is 1. The Morgan fingerprint density at radius 2 is 1.93 bits per heavy atom. The van der Waals surface area contributed by atoms with Crippen LogP contribution < -0.4 is 5.32 Å². The van der Waals surface area contributed by atoms with Crippen LogP contribution in [0.5, 0.6) is 0 Å². The van der Waals surface area contributed by atoms with Crippen molar-refractivity contribution >= 4 is 11.7 Å². The number of carbonyl (C=O) groups excluding carboxylic acids is 2. The highest BCUT2D eigenvalue weighted by Crippen LogP contribution is 2.17. The Morgan fingerprint density at radius 1 is 1.36 bits per heavy atom. The first-order valence-corrected chi connectivity index (χ1v) is 4.74. The van der Waals surface area contributed by atoms with E-state index in [1.165, 1.54) is 6.92 Å². The zero-order valence-electron chi connectivity index (χ0n) is 9.09. The molecular weight excluding hydrogens is 182 g/mol. The molecule has 0 aliphatic rings. The van der Waals surface area contributed by atoms with Crippen molar-refractivity contribution in [1.82, 2.24) is 5.32 Å².